The summed E-state index contributed by atoms with van der Waals surface area (Å²) in [4.78, 5) is 34.0. The quantitative estimate of drug-likeness (QED) is 0.908. The zero-order valence-electron chi connectivity index (χ0n) is 12.8. The van der Waals surface area contributed by atoms with Crippen LogP contribution in [0.15, 0.2) is 35.4 Å². The molecule has 1 aromatic carbocycles. The highest BCUT2D eigenvalue weighted by Crippen LogP contribution is 2.25. The van der Waals surface area contributed by atoms with Crippen molar-refractivity contribution in [2.75, 3.05) is 31.1 Å². The average molecular weight is 333 g/mol. The van der Waals surface area contributed by atoms with Gasteiger partial charge in [-0.15, -0.1) is 0 Å². The van der Waals surface area contributed by atoms with Gasteiger partial charge in [0.1, 0.15) is 5.69 Å². The Hall–Kier alpha value is -2.34. The van der Waals surface area contributed by atoms with Crippen LogP contribution >= 0.6 is 11.6 Å². The van der Waals surface area contributed by atoms with E-state index in [4.69, 9.17) is 11.6 Å². The lowest BCUT2D eigenvalue weighted by molar-refractivity contribution is 0.0740. The maximum atomic E-state index is 12.4. The van der Waals surface area contributed by atoms with Gasteiger partial charge in [-0.3, -0.25) is 9.59 Å². The van der Waals surface area contributed by atoms with Gasteiger partial charge in [0.05, 0.1) is 6.33 Å². The number of hydrogen-bond donors (Lipinski definition) is 1. The summed E-state index contributed by atoms with van der Waals surface area (Å²) < 4.78 is 0. The van der Waals surface area contributed by atoms with Gasteiger partial charge in [0.2, 0.25) is 0 Å². The number of benzene rings is 1. The molecule has 6 nitrogen and oxygen atoms in total. The van der Waals surface area contributed by atoms with Crippen LogP contribution in [0.25, 0.3) is 0 Å². The molecule has 7 heteroatoms. The van der Waals surface area contributed by atoms with Gasteiger partial charge in [0.25, 0.3) is 11.5 Å². The monoisotopic (exact) mass is 332 g/mol. The molecule has 0 saturated carbocycles. The SMILES string of the molecule is Cc1ccc(Cl)cc1N1CCN(C(=O)c2cc(=O)[nH]cn2)CC1. The molecule has 1 N–H and O–H groups in total. The van der Waals surface area contributed by atoms with E-state index in [9.17, 15) is 9.59 Å². The lowest BCUT2D eigenvalue weighted by atomic mass is 10.1. The number of anilines is 1. The van der Waals surface area contributed by atoms with Gasteiger partial charge in [0, 0.05) is 43.0 Å². The Morgan fingerprint density at radius 1 is 1.22 bits per heavy atom. The summed E-state index contributed by atoms with van der Waals surface area (Å²) >= 11 is 6.08. The van der Waals surface area contributed by atoms with E-state index in [2.05, 4.69) is 14.9 Å². The first kappa shape index (κ1) is 15.6. The van der Waals surface area contributed by atoms with Crippen molar-refractivity contribution in [2.24, 2.45) is 0 Å². The van der Waals surface area contributed by atoms with E-state index in [0.717, 1.165) is 24.3 Å². The fourth-order valence-electron chi connectivity index (χ4n) is 2.72. The summed E-state index contributed by atoms with van der Waals surface area (Å²) in [7, 11) is 0. The van der Waals surface area contributed by atoms with Crippen molar-refractivity contribution in [3.8, 4) is 0 Å². The molecule has 0 radical (unpaired) electrons. The van der Waals surface area contributed by atoms with Crippen molar-refractivity contribution >= 4 is 23.2 Å². The number of carbonyl (C=O) groups is 1. The van der Waals surface area contributed by atoms with Crippen LogP contribution in [0.4, 0.5) is 5.69 Å². The number of amides is 1. The van der Waals surface area contributed by atoms with Crippen LogP contribution in [0.5, 0.6) is 0 Å². The van der Waals surface area contributed by atoms with Crippen molar-refractivity contribution in [2.45, 2.75) is 6.92 Å². The second kappa shape index (κ2) is 6.42. The number of hydrogen-bond acceptors (Lipinski definition) is 4. The Morgan fingerprint density at radius 3 is 2.65 bits per heavy atom. The molecule has 1 aromatic heterocycles. The van der Waals surface area contributed by atoms with E-state index >= 15 is 0 Å². The molecule has 0 aliphatic carbocycles. The standard InChI is InChI=1S/C16H17ClN4O2/c1-11-2-3-12(17)8-14(11)20-4-6-21(7-5-20)16(23)13-9-15(22)19-10-18-13/h2-3,8-10H,4-7H2,1H3,(H,18,19,22). The van der Waals surface area contributed by atoms with Crippen LogP contribution in [-0.4, -0.2) is 47.0 Å². The Labute approximate surface area is 138 Å². The Balaban J connectivity index is 1.70. The number of nitrogens with zero attached hydrogens (tertiary/aromatic N) is 3. The summed E-state index contributed by atoms with van der Waals surface area (Å²) in [6, 6.07) is 7.05. The predicted molar refractivity (Wildman–Crippen MR) is 89.2 cm³/mol. The first-order valence-electron chi connectivity index (χ1n) is 7.40. The second-order valence-corrected chi connectivity index (χ2v) is 5.94. The minimum Gasteiger partial charge on any atom is -0.368 e. The highest BCUT2D eigenvalue weighted by molar-refractivity contribution is 6.30. The topological polar surface area (TPSA) is 69.3 Å². The third-order valence-corrected chi connectivity index (χ3v) is 4.21. The van der Waals surface area contributed by atoms with Crippen LogP contribution in [0.1, 0.15) is 16.1 Å². The number of H-pyrrole nitrogens is 1. The zero-order chi connectivity index (χ0) is 16.4. The molecular formula is C16H17ClN4O2. The minimum atomic E-state index is -0.323. The van der Waals surface area contributed by atoms with Gasteiger partial charge in [-0.25, -0.2) is 4.98 Å². The number of piperazine rings is 1. The van der Waals surface area contributed by atoms with Crippen molar-refractivity contribution in [1.29, 1.82) is 0 Å². The van der Waals surface area contributed by atoms with Crippen molar-refractivity contribution in [1.82, 2.24) is 14.9 Å². The van der Waals surface area contributed by atoms with Gasteiger partial charge in [-0.1, -0.05) is 17.7 Å². The maximum Gasteiger partial charge on any atom is 0.272 e. The fourth-order valence-corrected chi connectivity index (χ4v) is 2.89. The molecule has 1 saturated heterocycles. The highest BCUT2D eigenvalue weighted by Gasteiger charge is 2.24. The Morgan fingerprint density at radius 2 is 1.96 bits per heavy atom. The van der Waals surface area contributed by atoms with E-state index in [0.29, 0.717) is 18.1 Å². The minimum absolute atomic E-state index is 0.182. The van der Waals surface area contributed by atoms with Crippen molar-refractivity contribution in [3.05, 3.63) is 57.2 Å². The van der Waals surface area contributed by atoms with Crippen LogP contribution in [0.3, 0.4) is 0 Å². The van der Waals surface area contributed by atoms with Crippen molar-refractivity contribution in [3.63, 3.8) is 0 Å². The molecule has 120 valence electrons. The predicted octanol–water partition coefficient (Wildman–Crippen LogP) is 1.69. The summed E-state index contributed by atoms with van der Waals surface area (Å²) in [5.41, 5.74) is 2.11. The van der Waals surface area contributed by atoms with Crippen molar-refractivity contribution < 1.29 is 4.79 Å². The number of aryl methyl sites for hydroxylation is 1. The summed E-state index contributed by atoms with van der Waals surface area (Å²) in [5.74, 6) is -0.210. The van der Waals surface area contributed by atoms with E-state index in [1.807, 2.05) is 25.1 Å². The van der Waals surface area contributed by atoms with E-state index in [1.54, 1.807) is 4.90 Å². The van der Waals surface area contributed by atoms with Gasteiger partial charge >= 0.3 is 0 Å². The number of carbonyl (C=O) groups excluding carboxylic acids is 1. The largest absolute Gasteiger partial charge is 0.368 e. The second-order valence-electron chi connectivity index (χ2n) is 5.51. The van der Waals surface area contributed by atoms with Crippen LogP contribution in [-0.2, 0) is 0 Å². The van der Waals surface area contributed by atoms with E-state index in [-0.39, 0.29) is 17.2 Å². The summed E-state index contributed by atoms with van der Waals surface area (Å²) in [5, 5.41) is 0.705. The lowest BCUT2D eigenvalue weighted by Crippen LogP contribution is -2.49. The van der Waals surface area contributed by atoms with Crippen LogP contribution in [0, 0.1) is 6.92 Å². The molecule has 2 aromatic rings. The molecule has 0 atom stereocenters. The molecule has 3 rings (SSSR count). The first-order chi connectivity index (χ1) is 11.0. The summed E-state index contributed by atoms with van der Waals surface area (Å²) in [6.45, 7) is 4.65. The number of halogens is 1. The number of aromatic amines is 1. The van der Waals surface area contributed by atoms with Crippen LogP contribution in [0.2, 0.25) is 5.02 Å². The maximum absolute atomic E-state index is 12.4. The molecule has 2 heterocycles. The molecule has 1 amide bonds. The number of nitrogens with one attached hydrogen (secondary N) is 1. The van der Waals surface area contributed by atoms with Gasteiger partial charge in [0.15, 0.2) is 0 Å². The molecule has 1 aliphatic rings. The van der Waals surface area contributed by atoms with E-state index in [1.165, 1.54) is 12.4 Å². The summed E-state index contributed by atoms with van der Waals surface area (Å²) in [6.07, 6.45) is 1.25. The molecule has 0 bridgehead atoms. The average Bonchev–Trinajstić information content (AvgIpc) is 2.56. The molecular weight excluding hydrogens is 316 g/mol. The normalized spacial score (nSPS) is 14.9. The van der Waals surface area contributed by atoms with Gasteiger partial charge in [-0.05, 0) is 24.6 Å². The Bertz CT molecular complexity index is 782. The van der Waals surface area contributed by atoms with Gasteiger partial charge < -0.3 is 14.8 Å². The third-order valence-electron chi connectivity index (χ3n) is 3.98. The van der Waals surface area contributed by atoms with E-state index < -0.39 is 0 Å². The van der Waals surface area contributed by atoms with Crippen LogP contribution < -0.4 is 10.5 Å². The third kappa shape index (κ3) is 3.37. The Kier molecular flexibility index (Phi) is 4.34. The molecule has 0 spiro atoms. The highest BCUT2D eigenvalue weighted by atomic mass is 35.5. The molecule has 1 fully saturated rings. The molecule has 23 heavy (non-hydrogen) atoms. The number of rotatable bonds is 2. The van der Waals surface area contributed by atoms with Gasteiger partial charge in [-0.2, -0.15) is 0 Å². The number of aromatic nitrogens is 2. The molecule has 0 unspecified atom stereocenters. The lowest BCUT2D eigenvalue weighted by Gasteiger charge is -2.36. The molecule has 1 aliphatic heterocycles. The smallest absolute Gasteiger partial charge is 0.272 e. The first-order valence-corrected chi connectivity index (χ1v) is 7.77. The fraction of sp³-hybridized carbons (Fsp3) is 0.312. The zero-order valence-corrected chi connectivity index (χ0v) is 13.5.